The van der Waals surface area contributed by atoms with Crippen molar-refractivity contribution in [1.29, 1.82) is 0 Å². The highest BCUT2D eigenvalue weighted by molar-refractivity contribution is 14.0. The Morgan fingerprint density at radius 2 is 1.81 bits per heavy atom. The average Bonchev–Trinajstić information content (AvgIpc) is 2.66. The largest absolute Gasteiger partial charge is 0.357 e. The predicted octanol–water partition coefficient (Wildman–Crippen LogP) is 4.39. The van der Waals surface area contributed by atoms with Crippen LogP contribution in [0.1, 0.15) is 39.2 Å². The number of hydrogen-bond donors (Lipinski definition) is 2. The van der Waals surface area contributed by atoms with Gasteiger partial charge in [0.15, 0.2) is 5.96 Å². The van der Waals surface area contributed by atoms with E-state index in [0.29, 0.717) is 18.6 Å². The van der Waals surface area contributed by atoms with Crippen molar-refractivity contribution >= 4 is 40.7 Å². The van der Waals surface area contributed by atoms with E-state index in [1.807, 2.05) is 0 Å². The first-order valence-electron chi connectivity index (χ1n) is 9.92. The summed E-state index contributed by atoms with van der Waals surface area (Å²) in [5.74, 6) is 0.934. The number of piperidine rings is 1. The van der Waals surface area contributed by atoms with Gasteiger partial charge in [-0.3, -0.25) is 0 Å². The van der Waals surface area contributed by atoms with E-state index in [1.54, 1.807) is 0 Å². The molecular formula is C22H33IN4. The van der Waals surface area contributed by atoms with E-state index in [0.717, 1.165) is 12.5 Å². The van der Waals surface area contributed by atoms with E-state index in [-0.39, 0.29) is 24.0 Å². The molecule has 0 bridgehead atoms. The number of guanidine groups is 1. The van der Waals surface area contributed by atoms with Gasteiger partial charge in [0.05, 0.1) is 6.54 Å². The molecular weight excluding hydrogens is 447 g/mol. The molecule has 0 unspecified atom stereocenters. The molecule has 3 rings (SSSR count). The third-order valence-electron chi connectivity index (χ3n) is 5.18. The Balaban J connectivity index is 0.00000261. The summed E-state index contributed by atoms with van der Waals surface area (Å²) in [6.45, 7) is 10.6. The van der Waals surface area contributed by atoms with Gasteiger partial charge in [-0.05, 0) is 56.0 Å². The molecule has 0 amide bonds. The first kappa shape index (κ1) is 22.0. The summed E-state index contributed by atoms with van der Waals surface area (Å²) in [4.78, 5) is 7.37. The summed E-state index contributed by atoms with van der Waals surface area (Å²) >= 11 is 0. The molecule has 4 nitrogen and oxygen atoms in total. The Kier molecular flexibility index (Phi) is 8.83. The SMILES string of the molecule is CCNC(=NCc1ccc2ccccc2c1)NC1CCN(C(C)C)CC1.I. The van der Waals surface area contributed by atoms with Crippen molar-refractivity contribution in [3.05, 3.63) is 48.0 Å². The van der Waals surface area contributed by atoms with E-state index < -0.39 is 0 Å². The number of aliphatic imine (C=N–C) groups is 1. The molecule has 0 spiro atoms. The van der Waals surface area contributed by atoms with Gasteiger partial charge >= 0.3 is 0 Å². The summed E-state index contributed by atoms with van der Waals surface area (Å²) in [5, 5.41) is 9.59. The van der Waals surface area contributed by atoms with Gasteiger partial charge in [-0.25, -0.2) is 4.99 Å². The molecule has 1 fully saturated rings. The molecule has 0 saturated carbocycles. The van der Waals surface area contributed by atoms with Crippen molar-refractivity contribution in [2.75, 3.05) is 19.6 Å². The van der Waals surface area contributed by atoms with Crippen LogP contribution in [0.25, 0.3) is 10.8 Å². The van der Waals surface area contributed by atoms with Gasteiger partial charge < -0.3 is 15.5 Å². The van der Waals surface area contributed by atoms with Crippen LogP contribution in [-0.4, -0.2) is 42.6 Å². The molecule has 0 aliphatic carbocycles. The fourth-order valence-corrected chi connectivity index (χ4v) is 3.58. The lowest BCUT2D eigenvalue weighted by molar-refractivity contribution is 0.167. The summed E-state index contributed by atoms with van der Waals surface area (Å²) in [6.07, 6.45) is 2.36. The summed E-state index contributed by atoms with van der Waals surface area (Å²) in [5.41, 5.74) is 1.25. The van der Waals surface area contributed by atoms with Crippen LogP contribution in [0, 0.1) is 0 Å². The van der Waals surface area contributed by atoms with E-state index in [2.05, 4.69) is 78.8 Å². The van der Waals surface area contributed by atoms with E-state index in [4.69, 9.17) is 4.99 Å². The smallest absolute Gasteiger partial charge is 0.191 e. The number of nitrogens with one attached hydrogen (secondary N) is 2. The molecule has 0 radical (unpaired) electrons. The third kappa shape index (κ3) is 6.35. The van der Waals surface area contributed by atoms with Gasteiger partial charge in [0.2, 0.25) is 0 Å². The Morgan fingerprint density at radius 1 is 1.11 bits per heavy atom. The number of benzene rings is 2. The average molecular weight is 480 g/mol. The quantitative estimate of drug-likeness (QED) is 0.379. The lowest BCUT2D eigenvalue weighted by Crippen LogP contribution is -2.49. The number of hydrogen-bond acceptors (Lipinski definition) is 2. The second-order valence-electron chi connectivity index (χ2n) is 7.42. The summed E-state index contributed by atoms with van der Waals surface area (Å²) < 4.78 is 0. The molecule has 1 aliphatic heterocycles. The number of halogens is 1. The lowest BCUT2D eigenvalue weighted by atomic mass is 10.0. The fourth-order valence-electron chi connectivity index (χ4n) is 3.58. The number of fused-ring (bicyclic) bond motifs is 1. The lowest BCUT2D eigenvalue weighted by Gasteiger charge is -2.35. The van der Waals surface area contributed by atoms with Crippen LogP contribution in [0.4, 0.5) is 0 Å². The molecule has 0 atom stereocenters. The molecule has 2 N–H and O–H groups in total. The van der Waals surface area contributed by atoms with Crippen LogP contribution in [-0.2, 0) is 6.54 Å². The minimum absolute atomic E-state index is 0. The van der Waals surface area contributed by atoms with Crippen LogP contribution in [0.2, 0.25) is 0 Å². The van der Waals surface area contributed by atoms with Crippen molar-refractivity contribution in [1.82, 2.24) is 15.5 Å². The minimum Gasteiger partial charge on any atom is -0.357 e. The van der Waals surface area contributed by atoms with Crippen LogP contribution >= 0.6 is 24.0 Å². The van der Waals surface area contributed by atoms with Crippen molar-refractivity contribution in [2.45, 2.75) is 52.2 Å². The topological polar surface area (TPSA) is 39.7 Å². The van der Waals surface area contributed by atoms with Crippen LogP contribution in [0.15, 0.2) is 47.5 Å². The molecule has 27 heavy (non-hydrogen) atoms. The molecule has 1 aliphatic rings. The third-order valence-corrected chi connectivity index (χ3v) is 5.18. The van der Waals surface area contributed by atoms with E-state index in [9.17, 15) is 0 Å². The first-order valence-corrected chi connectivity index (χ1v) is 9.92. The summed E-state index contributed by atoms with van der Waals surface area (Å²) in [7, 11) is 0. The van der Waals surface area contributed by atoms with Crippen molar-refractivity contribution < 1.29 is 0 Å². The highest BCUT2D eigenvalue weighted by Gasteiger charge is 2.21. The van der Waals surface area contributed by atoms with Crippen LogP contribution in [0.5, 0.6) is 0 Å². The van der Waals surface area contributed by atoms with E-state index >= 15 is 0 Å². The van der Waals surface area contributed by atoms with Crippen molar-refractivity contribution in [3.8, 4) is 0 Å². The van der Waals surface area contributed by atoms with Gasteiger partial charge in [-0.1, -0.05) is 36.4 Å². The van der Waals surface area contributed by atoms with Crippen LogP contribution in [0.3, 0.4) is 0 Å². The Bertz CT molecular complexity index is 736. The zero-order valence-corrected chi connectivity index (χ0v) is 19.1. The first-order chi connectivity index (χ1) is 12.7. The molecule has 1 saturated heterocycles. The Hall–Kier alpha value is -1.34. The molecule has 2 aromatic rings. The maximum absolute atomic E-state index is 4.82. The zero-order valence-electron chi connectivity index (χ0n) is 16.7. The number of rotatable bonds is 5. The molecule has 2 aromatic carbocycles. The molecule has 148 valence electrons. The van der Waals surface area contributed by atoms with Gasteiger partial charge in [0.1, 0.15) is 0 Å². The maximum Gasteiger partial charge on any atom is 0.191 e. The number of nitrogens with zero attached hydrogens (tertiary/aromatic N) is 2. The zero-order chi connectivity index (χ0) is 18.4. The van der Waals surface area contributed by atoms with E-state index in [1.165, 1.54) is 42.3 Å². The standard InChI is InChI=1S/C22H32N4.HI/c1-4-23-22(25-21-11-13-26(14-12-21)17(2)3)24-16-18-9-10-19-7-5-6-8-20(19)15-18;/h5-10,15,17,21H,4,11-14,16H2,1-3H3,(H2,23,24,25);1H. The second-order valence-corrected chi connectivity index (χ2v) is 7.42. The number of likely N-dealkylation sites (tertiary alicyclic amines) is 1. The van der Waals surface area contributed by atoms with Gasteiger partial charge in [-0.2, -0.15) is 0 Å². The highest BCUT2D eigenvalue weighted by atomic mass is 127. The predicted molar refractivity (Wildman–Crippen MR) is 127 cm³/mol. The molecule has 1 heterocycles. The molecule has 5 heteroatoms. The fraction of sp³-hybridized carbons (Fsp3) is 0.500. The van der Waals surface area contributed by atoms with Gasteiger partial charge in [0.25, 0.3) is 0 Å². The monoisotopic (exact) mass is 480 g/mol. The Morgan fingerprint density at radius 3 is 2.48 bits per heavy atom. The minimum atomic E-state index is 0. The van der Waals surface area contributed by atoms with Crippen molar-refractivity contribution in [2.24, 2.45) is 4.99 Å². The van der Waals surface area contributed by atoms with Gasteiger partial charge in [0, 0.05) is 31.7 Å². The van der Waals surface area contributed by atoms with Crippen LogP contribution < -0.4 is 10.6 Å². The molecule has 0 aromatic heterocycles. The van der Waals surface area contributed by atoms with Crippen molar-refractivity contribution in [3.63, 3.8) is 0 Å². The van der Waals surface area contributed by atoms with Gasteiger partial charge in [-0.15, -0.1) is 24.0 Å². The summed E-state index contributed by atoms with van der Waals surface area (Å²) in [6, 6.07) is 16.2. The highest BCUT2D eigenvalue weighted by Crippen LogP contribution is 2.16. The Labute approximate surface area is 180 Å². The second kappa shape index (κ2) is 10.9. The maximum atomic E-state index is 4.82. The normalized spacial score (nSPS) is 16.4.